The summed E-state index contributed by atoms with van der Waals surface area (Å²) in [6.07, 6.45) is 11.6. The third-order valence-electron chi connectivity index (χ3n) is 9.29. The molecule has 0 saturated heterocycles. The molecule has 0 heterocycles. The summed E-state index contributed by atoms with van der Waals surface area (Å²) in [4.78, 5) is 0. The van der Waals surface area contributed by atoms with Crippen LogP contribution < -0.4 is 5.32 Å². The van der Waals surface area contributed by atoms with Crippen LogP contribution in [0.1, 0.15) is 71.6 Å². The van der Waals surface area contributed by atoms with Crippen LogP contribution in [0.4, 0.5) is 0 Å². The zero-order valence-corrected chi connectivity index (χ0v) is 15.7. The van der Waals surface area contributed by atoms with E-state index in [1.54, 1.807) is 0 Å². The van der Waals surface area contributed by atoms with E-state index in [0.717, 1.165) is 49.1 Å². The Morgan fingerprint density at radius 1 is 0.917 bits per heavy atom. The van der Waals surface area contributed by atoms with Gasteiger partial charge in [0.1, 0.15) is 0 Å². The van der Waals surface area contributed by atoms with E-state index in [2.05, 4.69) is 19.2 Å². The average molecular weight is 337 g/mol. The van der Waals surface area contributed by atoms with Gasteiger partial charge in [-0.05, 0) is 80.5 Å². The maximum Gasteiger partial charge on any atom is 0.0992 e. The molecule has 3 heteroatoms. The van der Waals surface area contributed by atoms with Crippen molar-refractivity contribution >= 4 is 0 Å². The van der Waals surface area contributed by atoms with Crippen molar-refractivity contribution in [1.29, 1.82) is 0 Å². The van der Waals surface area contributed by atoms with E-state index in [1.165, 1.54) is 44.9 Å². The lowest BCUT2D eigenvalue weighted by Crippen LogP contribution is -2.93. The Hall–Kier alpha value is -0.120. The van der Waals surface area contributed by atoms with Crippen molar-refractivity contribution in [2.24, 2.45) is 34.5 Å². The Bertz CT molecular complexity index is 469. The van der Waals surface area contributed by atoms with E-state index in [4.69, 9.17) is 0 Å². The van der Waals surface area contributed by atoms with Crippen molar-refractivity contribution in [2.45, 2.75) is 83.8 Å². The summed E-state index contributed by atoms with van der Waals surface area (Å²) in [7, 11) is 0. The molecular weight excluding hydrogens is 298 g/mol. The highest BCUT2D eigenvalue weighted by molar-refractivity contribution is 5.09. The molecule has 4 aliphatic rings. The largest absolute Gasteiger partial charge is 0.393 e. The first-order valence-corrected chi connectivity index (χ1v) is 10.6. The van der Waals surface area contributed by atoms with Gasteiger partial charge >= 0.3 is 0 Å². The minimum atomic E-state index is -0.0302. The highest BCUT2D eigenvalue weighted by Gasteiger charge is 2.61. The molecule has 8 atom stereocenters. The topological polar surface area (TPSA) is 57.1 Å². The lowest BCUT2D eigenvalue weighted by molar-refractivity contribution is -0.702. The number of rotatable bonds is 3. The summed E-state index contributed by atoms with van der Waals surface area (Å²) in [6, 6.07) is 0.731. The van der Waals surface area contributed by atoms with Gasteiger partial charge in [-0.15, -0.1) is 0 Å². The third kappa shape index (κ3) is 2.49. The normalized spacial score (nSPS) is 54.0. The number of hydrogen-bond acceptors (Lipinski definition) is 2. The molecule has 0 aromatic heterocycles. The van der Waals surface area contributed by atoms with Gasteiger partial charge in [0.25, 0.3) is 0 Å². The second-order valence-corrected chi connectivity index (χ2v) is 10.1. The SMILES string of the molecule is C[C@]12CC[C@H]3[C@H](CC[C@@H]4C[C@@H](O)CC[C@]43C)[C@H]1CC[C@H]2[NH2+]CCO. The van der Waals surface area contributed by atoms with Crippen LogP contribution in [0.15, 0.2) is 0 Å². The van der Waals surface area contributed by atoms with Crippen LogP contribution in [0, 0.1) is 34.5 Å². The van der Waals surface area contributed by atoms with Crippen LogP contribution in [-0.2, 0) is 0 Å². The van der Waals surface area contributed by atoms with Gasteiger partial charge in [-0.25, -0.2) is 0 Å². The summed E-state index contributed by atoms with van der Waals surface area (Å²) < 4.78 is 0. The molecule has 0 aromatic rings. The lowest BCUT2D eigenvalue weighted by Gasteiger charge is -2.60. The molecule has 0 radical (unpaired) electrons. The molecule has 4 N–H and O–H groups in total. The van der Waals surface area contributed by atoms with E-state index in [-0.39, 0.29) is 6.10 Å². The van der Waals surface area contributed by atoms with Crippen LogP contribution in [0.3, 0.4) is 0 Å². The average Bonchev–Trinajstić information content (AvgIpc) is 2.90. The second-order valence-electron chi connectivity index (χ2n) is 10.1. The number of fused-ring (bicyclic) bond motifs is 5. The molecule has 138 valence electrons. The van der Waals surface area contributed by atoms with Crippen LogP contribution >= 0.6 is 0 Å². The van der Waals surface area contributed by atoms with E-state index in [9.17, 15) is 10.2 Å². The van der Waals surface area contributed by atoms with Gasteiger partial charge in [-0.3, -0.25) is 0 Å². The second kappa shape index (κ2) is 6.25. The number of hydrogen-bond donors (Lipinski definition) is 3. The fourth-order valence-electron chi connectivity index (χ4n) is 7.94. The van der Waals surface area contributed by atoms with E-state index < -0.39 is 0 Å². The Balaban J connectivity index is 1.54. The molecule has 0 aliphatic heterocycles. The smallest absolute Gasteiger partial charge is 0.0992 e. The van der Waals surface area contributed by atoms with Gasteiger partial charge < -0.3 is 15.5 Å². The number of aliphatic hydroxyl groups is 2. The monoisotopic (exact) mass is 336 g/mol. The van der Waals surface area contributed by atoms with Gasteiger partial charge in [-0.1, -0.05) is 13.8 Å². The van der Waals surface area contributed by atoms with Crippen molar-refractivity contribution in [1.82, 2.24) is 0 Å². The standard InChI is InChI=1S/C21H37NO2/c1-20-9-7-15(24)13-14(20)3-4-16-17-5-6-19(22-11-12-23)21(17,2)10-8-18(16)20/h14-19,22-24H,3-13H2,1-2H3/p+1/t14-,15+,16-,17-,18+,19-,20-,21+/m1/s1. The lowest BCUT2D eigenvalue weighted by atomic mass is 9.45. The van der Waals surface area contributed by atoms with Crippen LogP contribution in [0.2, 0.25) is 0 Å². The minimum Gasteiger partial charge on any atom is -0.393 e. The van der Waals surface area contributed by atoms with Crippen LogP contribution in [0.5, 0.6) is 0 Å². The van der Waals surface area contributed by atoms with Gasteiger partial charge in [-0.2, -0.15) is 0 Å². The first-order chi connectivity index (χ1) is 11.5. The Morgan fingerprint density at radius 2 is 1.67 bits per heavy atom. The van der Waals surface area contributed by atoms with E-state index in [1.807, 2.05) is 0 Å². The Kier molecular flexibility index (Phi) is 4.50. The first-order valence-electron chi connectivity index (χ1n) is 10.6. The molecule has 0 unspecified atom stereocenters. The minimum absolute atomic E-state index is 0.0302. The van der Waals surface area contributed by atoms with Gasteiger partial charge in [0.15, 0.2) is 0 Å². The van der Waals surface area contributed by atoms with Gasteiger partial charge in [0.05, 0.1) is 25.3 Å². The zero-order valence-electron chi connectivity index (χ0n) is 15.7. The fraction of sp³-hybridized carbons (Fsp3) is 1.00. The van der Waals surface area contributed by atoms with Gasteiger partial charge in [0, 0.05) is 11.8 Å². The first kappa shape index (κ1) is 17.3. The maximum atomic E-state index is 10.1. The molecule has 0 bridgehead atoms. The van der Waals surface area contributed by atoms with Gasteiger partial charge in [0.2, 0.25) is 0 Å². The highest BCUT2D eigenvalue weighted by atomic mass is 16.3. The van der Waals surface area contributed by atoms with Crippen molar-refractivity contribution in [3.8, 4) is 0 Å². The quantitative estimate of drug-likeness (QED) is 0.741. The molecule has 4 saturated carbocycles. The predicted octanol–water partition coefficient (Wildman–Crippen LogP) is 2.31. The van der Waals surface area contributed by atoms with E-state index in [0.29, 0.717) is 17.4 Å². The molecule has 24 heavy (non-hydrogen) atoms. The third-order valence-corrected chi connectivity index (χ3v) is 9.29. The summed E-state index contributed by atoms with van der Waals surface area (Å²) >= 11 is 0. The zero-order chi connectivity index (χ0) is 16.9. The molecular formula is C21H38NO2+. The fourth-order valence-corrected chi connectivity index (χ4v) is 7.94. The summed E-state index contributed by atoms with van der Waals surface area (Å²) in [5, 5.41) is 21.8. The van der Waals surface area contributed by atoms with Crippen LogP contribution in [-0.4, -0.2) is 35.5 Å². The molecule has 0 aromatic carbocycles. The van der Waals surface area contributed by atoms with Crippen molar-refractivity contribution in [3.05, 3.63) is 0 Å². The molecule has 0 amide bonds. The Labute approximate surface area is 147 Å². The molecule has 3 nitrogen and oxygen atoms in total. The summed E-state index contributed by atoms with van der Waals surface area (Å²) in [5.74, 6) is 3.50. The van der Waals surface area contributed by atoms with Crippen LogP contribution in [0.25, 0.3) is 0 Å². The number of quaternary nitrogens is 1. The molecule has 0 spiro atoms. The summed E-state index contributed by atoms with van der Waals surface area (Å²) in [5.41, 5.74) is 0.990. The number of aliphatic hydroxyl groups excluding tert-OH is 2. The van der Waals surface area contributed by atoms with Crippen molar-refractivity contribution in [2.75, 3.05) is 13.2 Å². The number of nitrogens with two attached hydrogens (primary N) is 1. The molecule has 4 aliphatic carbocycles. The molecule has 4 rings (SSSR count). The molecule has 4 fully saturated rings. The van der Waals surface area contributed by atoms with Crippen molar-refractivity contribution in [3.63, 3.8) is 0 Å². The Morgan fingerprint density at radius 3 is 2.46 bits per heavy atom. The highest BCUT2D eigenvalue weighted by Crippen LogP contribution is 2.65. The predicted molar refractivity (Wildman–Crippen MR) is 95.4 cm³/mol. The van der Waals surface area contributed by atoms with Crippen molar-refractivity contribution < 1.29 is 15.5 Å². The van der Waals surface area contributed by atoms with E-state index >= 15 is 0 Å². The summed E-state index contributed by atoms with van der Waals surface area (Å²) in [6.45, 7) is 6.33. The maximum absolute atomic E-state index is 10.1.